The van der Waals surface area contributed by atoms with Gasteiger partial charge in [0.25, 0.3) is 0 Å². The fraction of sp³-hybridized carbons (Fsp3) is 0.263. The van der Waals surface area contributed by atoms with Crippen LogP contribution in [0.1, 0.15) is 41.8 Å². The Kier molecular flexibility index (Phi) is 4.70. The van der Waals surface area contributed by atoms with Crippen molar-refractivity contribution in [1.82, 2.24) is 20.9 Å². The van der Waals surface area contributed by atoms with Gasteiger partial charge in [0.05, 0.1) is 18.2 Å². The van der Waals surface area contributed by atoms with E-state index in [1.165, 1.54) is 0 Å². The minimum atomic E-state index is -0.226. The molecule has 0 aliphatic carbocycles. The zero-order valence-corrected chi connectivity index (χ0v) is 14.5. The minimum absolute atomic E-state index is 0. The number of pyridine rings is 1. The molecule has 1 radical (unpaired) electrons. The smallest absolute Gasteiger partial charge is 0.249 e. The highest BCUT2D eigenvalue weighted by atomic mass is 16.2. The highest BCUT2D eigenvalue weighted by molar-refractivity contribution is 6.03. The number of amides is 2. The molecule has 1 atom stereocenters. The zero-order chi connectivity index (χ0) is 18.0. The van der Waals surface area contributed by atoms with Gasteiger partial charge in [-0.25, -0.2) is 0 Å². The summed E-state index contributed by atoms with van der Waals surface area (Å²) >= 11 is 0. The average molecular weight is 341 g/mol. The van der Waals surface area contributed by atoms with Crippen LogP contribution in [-0.2, 0) is 9.59 Å². The van der Waals surface area contributed by atoms with Gasteiger partial charge in [0, 0.05) is 25.9 Å². The van der Waals surface area contributed by atoms with E-state index in [0.29, 0.717) is 5.57 Å². The summed E-state index contributed by atoms with van der Waals surface area (Å²) in [5.41, 5.74) is 4.00. The number of fused-ring (bicyclic) bond motifs is 1. The number of carbonyl (C=O) groups is 2. The number of nitrogens with one attached hydrogen (secondary N) is 3. The molecule has 6 heteroatoms. The van der Waals surface area contributed by atoms with Crippen molar-refractivity contribution in [3.63, 3.8) is 0 Å². The second-order valence-electron chi connectivity index (χ2n) is 6.17. The van der Waals surface area contributed by atoms with E-state index in [1.54, 1.807) is 12.4 Å². The summed E-state index contributed by atoms with van der Waals surface area (Å²) in [6.07, 6.45) is 5.33. The van der Waals surface area contributed by atoms with Crippen LogP contribution >= 0.6 is 0 Å². The quantitative estimate of drug-likeness (QED) is 0.786. The molecule has 0 spiro atoms. The molecule has 3 heterocycles. The maximum absolute atomic E-state index is 12.4. The first-order valence-electron chi connectivity index (χ1n) is 8.20. The van der Waals surface area contributed by atoms with Crippen LogP contribution in [0.5, 0.6) is 0 Å². The van der Waals surface area contributed by atoms with Crippen molar-refractivity contribution in [3.05, 3.63) is 70.8 Å². The molecule has 0 aromatic carbocycles. The van der Waals surface area contributed by atoms with Crippen LogP contribution in [-0.4, -0.2) is 16.8 Å². The van der Waals surface area contributed by atoms with Crippen molar-refractivity contribution in [2.75, 3.05) is 0 Å². The van der Waals surface area contributed by atoms with E-state index in [1.807, 2.05) is 45.0 Å². The fourth-order valence-corrected chi connectivity index (χ4v) is 3.09. The van der Waals surface area contributed by atoms with Crippen LogP contribution in [0.25, 0.3) is 0 Å². The SMILES string of the molecule is CC1=C2[C](C=CN1)NC(=O)C(CC(=O)N[C@H](C)c1ccccn1)=C2C.[HH].[HH]. The minimum Gasteiger partial charge on any atom is -0.365 e. The predicted octanol–water partition coefficient (Wildman–Crippen LogP) is 2.51. The van der Waals surface area contributed by atoms with Gasteiger partial charge in [-0.1, -0.05) is 6.07 Å². The van der Waals surface area contributed by atoms with E-state index in [4.69, 9.17) is 0 Å². The van der Waals surface area contributed by atoms with Gasteiger partial charge in [-0.2, -0.15) is 0 Å². The van der Waals surface area contributed by atoms with Gasteiger partial charge >= 0.3 is 0 Å². The van der Waals surface area contributed by atoms with Crippen molar-refractivity contribution in [2.45, 2.75) is 33.2 Å². The number of carbonyl (C=O) groups excluding carboxylic acids is 2. The third kappa shape index (κ3) is 3.47. The number of dihydropyridines is 1. The molecule has 133 valence electrons. The summed E-state index contributed by atoms with van der Waals surface area (Å²) in [4.78, 5) is 29.1. The topological polar surface area (TPSA) is 83.1 Å². The molecular weight excluding hydrogens is 316 g/mol. The van der Waals surface area contributed by atoms with Gasteiger partial charge < -0.3 is 16.0 Å². The first-order chi connectivity index (χ1) is 12.0. The Labute approximate surface area is 150 Å². The van der Waals surface area contributed by atoms with E-state index in [9.17, 15) is 9.59 Å². The highest BCUT2D eigenvalue weighted by Crippen LogP contribution is 2.33. The second-order valence-corrected chi connectivity index (χ2v) is 6.17. The number of hydrogen-bond donors (Lipinski definition) is 3. The van der Waals surface area contributed by atoms with Crippen LogP contribution in [0.4, 0.5) is 0 Å². The van der Waals surface area contributed by atoms with Crippen molar-refractivity contribution in [2.24, 2.45) is 0 Å². The number of nitrogens with zero attached hydrogens (tertiary/aromatic N) is 1. The van der Waals surface area contributed by atoms with Gasteiger partial charge in [0.15, 0.2) is 0 Å². The molecule has 1 aromatic rings. The average Bonchev–Trinajstić information content (AvgIpc) is 2.59. The van der Waals surface area contributed by atoms with Crippen LogP contribution in [0.2, 0.25) is 0 Å². The largest absolute Gasteiger partial charge is 0.365 e. The van der Waals surface area contributed by atoms with Gasteiger partial charge in [-0.15, -0.1) is 0 Å². The standard InChI is InChI=1S/C19H21N4O2.2H2/c1-11-14(19(25)23-16-7-9-20-13(3)18(11)16)10-17(24)22-12(2)15-6-4-5-8-21-15;;/h4-9,12,20H,10H2,1-3H3,(H,22,24)(H,23,25);2*1H/t12-;;/m1../s1. The Balaban J connectivity index is 0.00000182. The summed E-state index contributed by atoms with van der Waals surface area (Å²) in [5.74, 6) is -0.431. The molecule has 2 amide bonds. The monoisotopic (exact) mass is 341 g/mol. The van der Waals surface area contributed by atoms with Crippen LogP contribution < -0.4 is 16.0 Å². The van der Waals surface area contributed by atoms with Crippen molar-refractivity contribution in [3.8, 4) is 0 Å². The van der Waals surface area contributed by atoms with Crippen LogP contribution in [0.15, 0.2) is 59.1 Å². The molecule has 2 aliphatic heterocycles. The normalized spacial score (nSPS) is 18.4. The van der Waals surface area contributed by atoms with E-state index < -0.39 is 0 Å². The van der Waals surface area contributed by atoms with E-state index >= 15 is 0 Å². The Morgan fingerprint density at radius 3 is 2.88 bits per heavy atom. The number of rotatable bonds is 4. The maximum atomic E-state index is 12.4. The second kappa shape index (κ2) is 6.93. The van der Waals surface area contributed by atoms with Gasteiger partial charge in [0.1, 0.15) is 6.04 Å². The lowest BCUT2D eigenvalue weighted by molar-refractivity contribution is -0.123. The Hall–Kier alpha value is -2.89. The Bertz CT molecular complexity index is 803. The Morgan fingerprint density at radius 1 is 1.36 bits per heavy atom. The molecule has 6 nitrogen and oxygen atoms in total. The summed E-state index contributed by atoms with van der Waals surface area (Å²) in [6, 6.07) is 6.11. The third-order valence-corrected chi connectivity index (χ3v) is 4.39. The van der Waals surface area contributed by atoms with E-state index in [2.05, 4.69) is 20.9 Å². The summed E-state index contributed by atoms with van der Waals surface area (Å²) in [7, 11) is 0. The highest BCUT2D eigenvalue weighted by Gasteiger charge is 2.32. The van der Waals surface area contributed by atoms with Gasteiger partial charge in [-0.05, 0) is 50.8 Å². The number of hydrogen-bond acceptors (Lipinski definition) is 4. The number of allylic oxidation sites excluding steroid dienone is 1. The molecule has 0 unspecified atom stereocenters. The van der Waals surface area contributed by atoms with Crippen molar-refractivity contribution < 1.29 is 12.4 Å². The van der Waals surface area contributed by atoms with E-state index in [0.717, 1.165) is 28.6 Å². The van der Waals surface area contributed by atoms with Gasteiger partial charge in [-0.3, -0.25) is 14.6 Å². The summed E-state index contributed by atoms with van der Waals surface area (Å²) in [6.45, 7) is 5.70. The molecule has 3 rings (SSSR count). The predicted molar refractivity (Wildman–Crippen MR) is 98.7 cm³/mol. The lowest BCUT2D eigenvalue weighted by atomic mass is 9.87. The summed E-state index contributed by atoms with van der Waals surface area (Å²) in [5, 5.41) is 8.90. The van der Waals surface area contributed by atoms with Crippen LogP contribution in [0, 0.1) is 6.04 Å². The molecular formula is C19H25N4O2. The fourth-order valence-electron chi connectivity index (χ4n) is 3.09. The Morgan fingerprint density at radius 2 is 2.16 bits per heavy atom. The first kappa shape index (κ1) is 17.0. The molecule has 0 saturated heterocycles. The third-order valence-electron chi connectivity index (χ3n) is 4.39. The maximum Gasteiger partial charge on any atom is 0.249 e. The van der Waals surface area contributed by atoms with E-state index in [-0.39, 0.29) is 27.1 Å². The molecule has 0 saturated carbocycles. The first-order valence-corrected chi connectivity index (χ1v) is 8.20. The molecule has 3 N–H and O–H groups in total. The number of aromatic nitrogens is 1. The van der Waals surface area contributed by atoms with Crippen LogP contribution in [0.3, 0.4) is 0 Å². The summed E-state index contributed by atoms with van der Waals surface area (Å²) < 4.78 is 0. The van der Waals surface area contributed by atoms with Crippen molar-refractivity contribution in [1.29, 1.82) is 0 Å². The zero-order valence-electron chi connectivity index (χ0n) is 14.5. The lowest BCUT2D eigenvalue weighted by Gasteiger charge is -2.30. The molecule has 2 aliphatic rings. The lowest BCUT2D eigenvalue weighted by Crippen LogP contribution is -2.39. The molecule has 0 fully saturated rings. The van der Waals surface area contributed by atoms with Gasteiger partial charge in [0.2, 0.25) is 11.8 Å². The molecule has 0 bridgehead atoms. The van der Waals surface area contributed by atoms with Crippen molar-refractivity contribution >= 4 is 11.8 Å². The molecule has 25 heavy (non-hydrogen) atoms. The molecule has 1 aromatic heterocycles.